The number of nitrogens with one attached hydrogen (secondary N) is 6. The zero-order valence-corrected chi connectivity index (χ0v) is 53.7. The van der Waals surface area contributed by atoms with Gasteiger partial charge in [-0.2, -0.15) is 0 Å². The number of carbonyl (C=O) groups is 8. The molecule has 26 nitrogen and oxygen atoms in total. The van der Waals surface area contributed by atoms with Gasteiger partial charge in [0.1, 0.15) is 106 Å². The van der Waals surface area contributed by atoms with Crippen LogP contribution in [0.5, 0.6) is 0 Å². The lowest BCUT2D eigenvalue weighted by Gasteiger charge is -2.28. The lowest BCUT2D eigenvalue weighted by molar-refractivity contribution is -0.124. The molecule has 33 heteroatoms. The van der Waals surface area contributed by atoms with Gasteiger partial charge in [-0.25, -0.2) is 39.7 Å². The molecule has 0 radical (unpaired) electrons. The van der Waals surface area contributed by atoms with Crippen LogP contribution in [0.25, 0.3) is 49.1 Å². The highest BCUT2D eigenvalue weighted by atomic mass is 35.5. The van der Waals surface area contributed by atoms with Crippen LogP contribution in [0, 0.1) is 0 Å². The molecule has 89 heavy (non-hydrogen) atoms. The number of thiazole rings is 6. The molecule has 0 aliphatic carbocycles. The number of ketones is 1. The number of Topliss-reactive ketones (excluding diaryl/α,β-unsaturated/α-hetero) is 1. The van der Waals surface area contributed by atoms with E-state index in [1.807, 2.05) is 6.07 Å². The highest BCUT2D eigenvalue weighted by Gasteiger charge is 2.37. The Morgan fingerprint density at radius 3 is 2.03 bits per heavy atom. The third-order valence-corrected chi connectivity index (χ3v) is 18.7. The molecule has 0 fully saturated rings. The van der Waals surface area contributed by atoms with Crippen molar-refractivity contribution < 1.29 is 53.3 Å². The van der Waals surface area contributed by atoms with Crippen molar-refractivity contribution >= 4 is 133 Å². The van der Waals surface area contributed by atoms with Crippen LogP contribution in [0.2, 0.25) is 0 Å². The molecule has 462 valence electrons. The quantitative estimate of drug-likeness (QED) is 0.0612. The third-order valence-electron chi connectivity index (χ3n) is 13.4. The van der Waals surface area contributed by atoms with Gasteiger partial charge in [0, 0.05) is 44.0 Å². The van der Waals surface area contributed by atoms with Crippen molar-refractivity contribution in [3.8, 4) is 43.4 Å². The van der Waals surface area contributed by atoms with Gasteiger partial charge < -0.3 is 46.9 Å². The van der Waals surface area contributed by atoms with Gasteiger partial charge in [0.05, 0.1) is 48.4 Å². The number of aromatic nitrogens is 8. The second kappa shape index (κ2) is 27.5. The fourth-order valence-electron chi connectivity index (χ4n) is 8.80. The van der Waals surface area contributed by atoms with Gasteiger partial charge in [0.25, 0.3) is 29.5 Å². The molecule has 8 bridgehead atoms. The maximum Gasteiger partial charge on any atom is 0.410 e. The van der Waals surface area contributed by atoms with E-state index in [0.717, 1.165) is 62.2 Å². The number of nitrogens with zero attached hydrogens (tertiary/aromatic N) is 9. The summed E-state index contributed by atoms with van der Waals surface area (Å²) in [6.07, 6.45) is 1.38. The predicted octanol–water partition coefficient (Wildman–Crippen LogP) is 6.87. The van der Waals surface area contributed by atoms with Crippen LogP contribution in [0.3, 0.4) is 0 Å². The fraction of sp³-hybridized carbons (Fsp3) is 0.286. The van der Waals surface area contributed by atoms with E-state index in [4.69, 9.17) is 19.7 Å². The highest BCUT2D eigenvalue weighted by molar-refractivity contribution is 7.15. The number of fused-ring (bicyclic) bond motifs is 12. The zero-order chi connectivity index (χ0) is 62.7. The van der Waals surface area contributed by atoms with Gasteiger partial charge in [-0.15, -0.1) is 80.4 Å². The number of rotatable bonds is 11. The molecule has 0 aromatic carbocycles. The smallest absolute Gasteiger partial charge is 0.410 e. The van der Waals surface area contributed by atoms with Gasteiger partial charge in [-0.05, 0) is 72.2 Å². The lowest BCUT2D eigenvalue weighted by Crippen LogP contribution is -2.52. The summed E-state index contributed by atoms with van der Waals surface area (Å²) in [5, 5.41) is 49.4. The first-order valence-electron chi connectivity index (χ1n) is 26.7. The molecule has 2 aliphatic heterocycles. The SMILES string of the molecule is C/C=C(\NC(=O)c1csc(-c2csc(-c3ccc4c(n3)-c3csc(n3)C(C(C)OC(=O)N3Cc5cccnc5C3)NC(=O)c3csc(n3)C(C(C)(C)O)NC(=O)c3csc(n3)/C(=C/C)NC(=O)C(C(C)O)NC(=O)c3csc-4n3)n2)n1)C(=O)NCC(C)=O.Cl. The maximum atomic E-state index is 14.6. The second-order valence-corrected chi connectivity index (χ2v) is 25.6. The van der Waals surface area contributed by atoms with Gasteiger partial charge in [-0.3, -0.25) is 43.4 Å². The highest BCUT2D eigenvalue weighted by Crippen LogP contribution is 2.39. The molecule has 0 spiro atoms. The Morgan fingerprint density at radius 2 is 1.34 bits per heavy atom. The largest absolute Gasteiger partial charge is 0.444 e. The van der Waals surface area contributed by atoms with Crippen LogP contribution in [-0.2, 0) is 32.2 Å². The van der Waals surface area contributed by atoms with Gasteiger partial charge in [-0.1, -0.05) is 18.2 Å². The van der Waals surface area contributed by atoms with E-state index in [1.54, 1.807) is 55.9 Å². The molecule has 0 saturated heterocycles. The summed E-state index contributed by atoms with van der Waals surface area (Å²) in [5.74, 6) is -4.61. The van der Waals surface area contributed by atoms with Crippen molar-refractivity contribution in [1.29, 1.82) is 0 Å². The Hall–Kier alpha value is -8.47. The van der Waals surface area contributed by atoms with Gasteiger partial charge in [0.2, 0.25) is 5.91 Å². The topological polar surface area (TPSA) is 365 Å². The van der Waals surface area contributed by atoms with E-state index in [9.17, 15) is 48.6 Å². The van der Waals surface area contributed by atoms with Gasteiger partial charge in [0.15, 0.2) is 0 Å². The van der Waals surface area contributed by atoms with Crippen LogP contribution < -0.4 is 31.9 Å². The molecule has 10 rings (SSSR count). The number of carbonyl (C=O) groups excluding carboxylic acids is 8. The van der Waals surface area contributed by atoms with E-state index in [0.29, 0.717) is 32.7 Å². The monoisotopic (exact) mass is 1340 g/mol. The third kappa shape index (κ3) is 14.7. The Kier molecular flexibility index (Phi) is 20.1. The van der Waals surface area contributed by atoms with Crippen LogP contribution in [-0.4, -0.2) is 133 Å². The summed E-state index contributed by atoms with van der Waals surface area (Å²) in [4.78, 5) is 147. The number of ether oxygens (including phenoxy) is 1. The molecule has 7 amide bonds. The number of amides is 7. The van der Waals surface area contributed by atoms with Crippen LogP contribution in [0.4, 0.5) is 4.79 Å². The molecular weight excluding hydrogens is 1290 g/mol. The summed E-state index contributed by atoms with van der Waals surface area (Å²) in [6.45, 7) is 10.6. The number of aliphatic hydroxyl groups excluding tert-OH is 1. The molecule has 8 aromatic heterocycles. The molecule has 0 saturated carbocycles. The minimum atomic E-state index is -1.64. The lowest BCUT2D eigenvalue weighted by atomic mass is 9.99. The van der Waals surface area contributed by atoms with E-state index in [2.05, 4.69) is 56.8 Å². The zero-order valence-electron chi connectivity index (χ0n) is 48.0. The first-order valence-corrected chi connectivity index (χ1v) is 32.0. The van der Waals surface area contributed by atoms with Crippen molar-refractivity contribution in [2.75, 3.05) is 6.54 Å². The fourth-order valence-corrected chi connectivity index (χ4v) is 14.0. The summed E-state index contributed by atoms with van der Waals surface area (Å²) < 4.78 is 6.12. The van der Waals surface area contributed by atoms with Crippen LogP contribution in [0.1, 0.15) is 129 Å². The number of aliphatic hydroxyl groups is 2. The molecule has 5 atom stereocenters. The molecule has 5 unspecified atom stereocenters. The minimum absolute atomic E-state index is 0. The predicted molar refractivity (Wildman–Crippen MR) is 336 cm³/mol. The van der Waals surface area contributed by atoms with E-state index in [1.165, 1.54) is 77.6 Å². The van der Waals surface area contributed by atoms with Crippen LogP contribution >= 0.6 is 80.4 Å². The summed E-state index contributed by atoms with van der Waals surface area (Å²) in [6, 6.07) is 3.23. The van der Waals surface area contributed by atoms with E-state index >= 15 is 0 Å². The van der Waals surface area contributed by atoms with Crippen LogP contribution in [0.15, 0.2) is 80.6 Å². The van der Waals surface area contributed by atoms with Gasteiger partial charge >= 0.3 is 6.09 Å². The van der Waals surface area contributed by atoms with E-state index < -0.39 is 77.5 Å². The average molecular weight is 1340 g/mol. The van der Waals surface area contributed by atoms with Crippen molar-refractivity contribution in [2.45, 2.75) is 97.5 Å². The standard InChI is InChI=1S/C56H53N15O11S6.ClH/c1-8-29(43(74)58-15-24(3)72)60-44(75)34-20-85-52(65-34)38-23-86-51(67-38)31-13-12-28-41(59-31)33-18-87-53(62-33)40(26(5)82-55(80)71-16-27-11-10-14-57-32(27)17-71)69-46(77)36-22-88-54(66-36)42(56(6,7)81)70-47(78)37-21-84-50(64-37)30(9-2)61-48(79)39(25(4)73)68-45(76)35-19-83-49(28)63-35;/h8-14,18-23,25-26,39-40,42,73,81H,15-17H2,1-7H3,(H,58,74)(H,60,75)(H,61,79)(H,68,76)(H,69,77)(H,70,78);1H/b29-8-,30-9-;. The number of hydrogen-bond acceptors (Lipinski definition) is 25. The number of hydrogen-bond donors (Lipinski definition) is 8. The van der Waals surface area contributed by atoms with Crippen molar-refractivity contribution in [1.82, 2.24) is 76.7 Å². The van der Waals surface area contributed by atoms with Crippen molar-refractivity contribution in [2.24, 2.45) is 0 Å². The second-order valence-electron chi connectivity index (χ2n) is 20.4. The molecular formula is C56H54ClN15O11S6. The first kappa shape index (κ1) is 65.0. The van der Waals surface area contributed by atoms with Crippen molar-refractivity contribution in [3.63, 3.8) is 0 Å². The molecule has 10 heterocycles. The molecule has 8 aromatic rings. The number of allylic oxidation sites excluding steroid dienone is 2. The Labute approximate surface area is 536 Å². The summed E-state index contributed by atoms with van der Waals surface area (Å²) in [7, 11) is 0. The summed E-state index contributed by atoms with van der Waals surface area (Å²) >= 11 is 6.58. The average Bonchev–Trinajstić information content (AvgIpc) is 2.58. The molecule has 8 N–H and O–H groups in total. The van der Waals surface area contributed by atoms with E-state index in [-0.39, 0.29) is 103 Å². The Morgan fingerprint density at radius 1 is 0.730 bits per heavy atom. The number of pyridine rings is 2. The first-order chi connectivity index (χ1) is 42.0. The number of halogens is 1. The Bertz CT molecular complexity index is 4100. The normalized spacial score (nSPS) is 17.6. The molecule has 2 aliphatic rings. The minimum Gasteiger partial charge on any atom is -0.444 e. The summed E-state index contributed by atoms with van der Waals surface area (Å²) in [5.41, 5.74) is 1.41. The maximum absolute atomic E-state index is 14.6. The Balaban J connectivity index is 0.00000941. The van der Waals surface area contributed by atoms with Crippen molar-refractivity contribution in [3.05, 3.63) is 130 Å².